The van der Waals surface area contributed by atoms with Crippen LogP contribution in [-0.4, -0.2) is 29.0 Å². The third-order valence-electron chi connectivity index (χ3n) is 2.71. The highest BCUT2D eigenvalue weighted by atomic mass is 35.5. The number of halogens is 9. The van der Waals surface area contributed by atoms with Crippen molar-refractivity contribution < 1.29 is 45.1 Å². The SMILES string of the molecule is Cc1ccc(N(F)C(=O)C(F)(F)C(F)(F)C(F)(F)F)c(Cl)c1O. The predicted molar refractivity (Wildman–Crippen MR) is 62.4 cm³/mol. The highest BCUT2D eigenvalue weighted by Gasteiger charge is 2.77. The number of anilines is 1. The van der Waals surface area contributed by atoms with Gasteiger partial charge in [-0.15, -0.1) is 5.12 Å². The molecular formula is C11H6ClF8NO2. The summed E-state index contributed by atoms with van der Waals surface area (Å²) in [4.78, 5) is 11.1. The zero-order chi connectivity index (χ0) is 18.4. The Morgan fingerprint density at radius 3 is 2.04 bits per heavy atom. The van der Waals surface area contributed by atoms with Gasteiger partial charge in [-0.05, 0) is 18.6 Å². The number of carbonyl (C=O) groups is 1. The van der Waals surface area contributed by atoms with Crippen molar-refractivity contribution in [1.29, 1.82) is 0 Å². The molecule has 0 aliphatic heterocycles. The Kier molecular flexibility index (Phi) is 4.77. The zero-order valence-electron chi connectivity index (χ0n) is 10.9. The average molecular weight is 372 g/mol. The van der Waals surface area contributed by atoms with Crippen LogP contribution in [0.1, 0.15) is 5.56 Å². The van der Waals surface area contributed by atoms with E-state index in [2.05, 4.69) is 0 Å². The van der Waals surface area contributed by atoms with Crippen molar-refractivity contribution in [1.82, 2.24) is 0 Å². The lowest BCUT2D eigenvalue weighted by Crippen LogP contribution is -2.59. The third kappa shape index (κ3) is 3.01. The maximum atomic E-state index is 13.6. The maximum Gasteiger partial charge on any atom is 0.460 e. The molecule has 23 heavy (non-hydrogen) atoms. The van der Waals surface area contributed by atoms with Gasteiger partial charge in [0.1, 0.15) is 16.5 Å². The summed E-state index contributed by atoms with van der Waals surface area (Å²) in [6.45, 7) is 1.24. The molecular weight excluding hydrogens is 366 g/mol. The summed E-state index contributed by atoms with van der Waals surface area (Å²) in [5.74, 6) is -17.6. The standard InChI is InChI=1S/C11H6ClF8NO2/c1-4-2-3-5(6(12)7(4)22)21(20)8(23)9(13,14)10(15,16)11(17,18)19/h2-3,22H,1H3. The minimum absolute atomic E-state index is 0.00646. The van der Waals surface area contributed by atoms with E-state index in [9.17, 15) is 45.1 Å². The molecule has 1 N–H and O–H groups in total. The van der Waals surface area contributed by atoms with Crippen molar-refractivity contribution >= 4 is 23.2 Å². The molecule has 1 aromatic rings. The Balaban J connectivity index is 3.32. The van der Waals surface area contributed by atoms with Crippen molar-refractivity contribution in [2.24, 2.45) is 0 Å². The monoisotopic (exact) mass is 371 g/mol. The van der Waals surface area contributed by atoms with E-state index in [1.165, 1.54) is 6.92 Å². The number of alkyl halides is 7. The number of carbonyl (C=O) groups excluding carboxylic acids is 1. The van der Waals surface area contributed by atoms with Crippen LogP contribution in [0.5, 0.6) is 5.75 Å². The number of phenolic OH excluding ortho intramolecular Hbond substituents is 1. The minimum Gasteiger partial charge on any atom is -0.506 e. The molecule has 0 radical (unpaired) electrons. The summed E-state index contributed by atoms with van der Waals surface area (Å²) in [6.07, 6.45) is -6.80. The second-order valence-corrected chi connectivity index (χ2v) is 4.67. The molecule has 0 bridgehead atoms. The fraction of sp³-hybridized carbons (Fsp3) is 0.364. The number of rotatable bonds is 3. The fourth-order valence-corrected chi connectivity index (χ4v) is 1.63. The molecule has 0 aliphatic carbocycles. The molecule has 0 saturated carbocycles. The first-order valence-electron chi connectivity index (χ1n) is 5.47. The van der Waals surface area contributed by atoms with Gasteiger partial charge < -0.3 is 5.11 Å². The Bertz CT molecular complexity index is 631. The largest absolute Gasteiger partial charge is 0.506 e. The first-order chi connectivity index (χ1) is 10.2. The van der Waals surface area contributed by atoms with E-state index in [0.717, 1.165) is 6.07 Å². The van der Waals surface area contributed by atoms with Crippen molar-refractivity contribution in [2.45, 2.75) is 24.9 Å². The number of aromatic hydroxyl groups is 1. The molecule has 3 nitrogen and oxygen atoms in total. The number of aryl methyl sites for hydroxylation is 1. The first kappa shape index (κ1) is 19.3. The van der Waals surface area contributed by atoms with Crippen LogP contribution >= 0.6 is 11.6 Å². The second kappa shape index (κ2) is 5.69. The molecule has 1 aromatic carbocycles. The predicted octanol–water partition coefficient (Wildman–Crippen LogP) is 4.40. The zero-order valence-corrected chi connectivity index (χ0v) is 11.6. The van der Waals surface area contributed by atoms with Crippen LogP contribution in [-0.2, 0) is 4.79 Å². The van der Waals surface area contributed by atoms with Crippen molar-refractivity contribution in [3.8, 4) is 5.75 Å². The summed E-state index contributed by atoms with van der Waals surface area (Å²) in [5, 5.41) is 6.66. The van der Waals surface area contributed by atoms with Gasteiger partial charge >= 0.3 is 23.9 Å². The Morgan fingerprint density at radius 1 is 1.13 bits per heavy atom. The first-order valence-corrected chi connectivity index (χ1v) is 5.84. The van der Waals surface area contributed by atoms with E-state index in [0.29, 0.717) is 6.07 Å². The Morgan fingerprint density at radius 2 is 1.61 bits per heavy atom. The van der Waals surface area contributed by atoms with Crippen LogP contribution in [0.15, 0.2) is 12.1 Å². The Labute approximate surface area is 128 Å². The number of hydrogen-bond acceptors (Lipinski definition) is 2. The van der Waals surface area contributed by atoms with Gasteiger partial charge in [0, 0.05) is 0 Å². The van der Waals surface area contributed by atoms with Gasteiger partial charge in [0.25, 0.3) is 0 Å². The van der Waals surface area contributed by atoms with Crippen LogP contribution in [0, 0.1) is 6.92 Å². The van der Waals surface area contributed by atoms with Crippen LogP contribution in [0.2, 0.25) is 5.02 Å². The quantitative estimate of drug-likeness (QED) is 0.632. The topological polar surface area (TPSA) is 40.5 Å². The van der Waals surface area contributed by atoms with Gasteiger partial charge in [0.2, 0.25) is 0 Å². The van der Waals surface area contributed by atoms with Crippen molar-refractivity contribution in [3.05, 3.63) is 22.7 Å². The average Bonchev–Trinajstić information content (AvgIpc) is 2.42. The molecule has 0 saturated heterocycles. The molecule has 0 spiro atoms. The molecule has 0 fully saturated rings. The number of benzene rings is 1. The van der Waals surface area contributed by atoms with Crippen LogP contribution in [0.25, 0.3) is 0 Å². The Hall–Kier alpha value is -1.78. The molecule has 130 valence electrons. The van der Waals surface area contributed by atoms with Crippen molar-refractivity contribution in [2.75, 3.05) is 5.12 Å². The molecule has 0 aliphatic rings. The van der Waals surface area contributed by atoms with Crippen LogP contribution in [0.3, 0.4) is 0 Å². The molecule has 0 atom stereocenters. The van der Waals surface area contributed by atoms with Crippen LogP contribution < -0.4 is 5.12 Å². The molecule has 0 aromatic heterocycles. The lowest BCUT2D eigenvalue weighted by atomic mass is 10.1. The van der Waals surface area contributed by atoms with Gasteiger partial charge in [-0.1, -0.05) is 22.1 Å². The molecule has 12 heteroatoms. The molecule has 0 heterocycles. The lowest BCUT2D eigenvalue weighted by molar-refractivity contribution is -0.343. The molecule has 0 unspecified atom stereocenters. The molecule has 1 rings (SSSR count). The summed E-state index contributed by atoms with van der Waals surface area (Å²) >= 11 is 5.35. The molecule has 1 amide bonds. The van der Waals surface area contributed by atoms with E-state index >= 15 is 0 Å². The third-order valence-corrected chi connectivity index (χ3v) is 3.08. The summed E-state index contributed by atoms with van der Waals surface area (Å²) in [6, 6.07) is 1.41. The van der Waals surface area contributed by atoms with E-state index in [4.69, 9.17) is 11.6 Å². The fourth-order valence-electron chi connectivity index (χ4n) is 1.35. The van der Waals surface area contributed by atoms with Gasteiger partial charge in [0.15, 0.2) is 0 Å². The van der Waals surface area contributed by atoms with E-state index < -0.39 is 45.5 Å². The van der Waals surface area contributed by atoms with Crippen molar-refractivity contribution in [3.63, 3.8) is 0 Å². The highest BCUT2D eigenvalue weighted by Crippen LogP contribution is 2.48. The smallest absolute Gasteiger partial charge is 0.460 e. The maximum absolute atomic E-state index is 13.6. The summed E-state index contributed by atoms with van der Waals surface area (Å²) in [7, 11) is 0. The highest BCUT2D eigenvalue weighted by molar-refractivity contribution is 6.35. The van der Waals surface area contributed by atoms with E-state index in [1.807, 2.05) is 0 Å². The van der Waals surface area contributed by atoms with Gasteiger partial charge in [0.05, 0.1) is 0 Å². The normalized spacial score (nSPS) is 13.1. The van der Waals surface area contributed by atoms with Gasteiger partial charge in [-0.25, -0.2) is 0 Å². The van der Waals surface area contributed by atoms with Gasteiger partial charge in [-0.3, -0.25) is 4.79 Å². The lowest BCUT2D eigenvalue weighted by Gasteiger charge is -2.28. The summed E-state index contributed by atoms with van der Waals surface area (Å²) in [5.41, 5.74) is -1.32. The summed E-state index contributed by atoms with van der Waals surface area (Å²) < 4.78 is 101. The number of hydrogen-bond donors (Lipinski definition) is 1. The van der Waals surface area contributed by atoms with E-state index in [1.54, 1.807) is 0 Å². The minimum atomic E-state index is -6.82. The number of amides is 1. The van der Waals surface area contributed by atoms with Gasteiger partial charge in [-0.2, -0.15) is 30.7 Å². The number of phenols is 1. The van der Waals surface area contributed by atoms with Crippen LogP contribution in [0.4, 0.5) is 40.9 Å². The number of nitrogens with zero attached hydrogens (tertiary/aromatic N) is 1. The van der Waals surface area contributed by atoms with E-state index in [-0.39, 0.29) is 5.56 Å². The second-order valence-electron chi connectivity index (χ2n) is 4.30.